The Labute approximate surface area is 152 Å². The van der Waals surface area contributed by atoms with Crippen molar-refractivity contribution in [3.63, 3.8) is 0 Å². The number of amides is 1. The number of alkyl halides is 2. The third-order valence-electron chi connectivity index (χ3n) is 4.03. The van der Waals surface area contributed by atoms with Crippen LogP contribution in [0.2, 0.25) is 0 Å². The van der Waals surface area contributed by atoms with E-state index in [1.54, 1.807) is 24.1 Å². The van der Waals surface area contributed by atoms with Crippen LogP contribution >= 0.6 is 0 Å². The molecule has 6 heteroatoms. The van der Waals surface area contributed by atoms with Gasteiger partial charge in [-0.05, 0) is 41.3 Å². The number of ether oxygens (including phenoxy) is 2. The second-order valence-corrected chi connectivity index (χ2v) is 6.30. The van der Waals surface area contributed by atoms with Gasteiger partial charge in [0.15, 0.2) is 11.5 Å². The van der Waals surface area contributed by atoms with Gasteiger partial charge >= 0.3 is 6.61 Å². The summed E-state index contributed by atoms with van der Waals surface area (Å²) in [5, 5.41) is 0. The van der Waals surface area contributed by atoms with Crippen LogP contribution in [-0.4, -0.2) is 31.6 Å². The summed E-state index contributed by atoms with van der Waals surface area (Å²) in [6.45, 7) is 1.58. The van der Waals surface area contributed by atoms with E-state index in [4.69, 9.17) is 4.74 Å². The number of nitrogens with zero attached hydrogens (tertiary/aromatic N) is 1. The van der Waals surface area contributed by atoms with E-state index in [1.807, 2.05) is 24.3 Å². The van der Waals surface area contributed by atoms with Crippen molar-refractivity contribution >= 4 is 5.91 Å². The van der Waals surface area contributed by atoms with E-state index in [2.05, 4.69) is 18.6 Å². The van der Waals surface area contributed by atoms with Gasteiger partial charge in [0.2, 0.25) is 0 Å². The van der Waals surface area contributed by atoms with E-state index in [0.29, 0.717) is 18.0 Å². The van der Waals surface area contributed by atoms with Crippen molar-refractivity contribution in [1.29, 1.82) is 0 Å². The molecule has 0 aliphatic heterocycles. The summed E-state index contributed by atoms with van der Waals surface area (Å²) in [6, 6.07) is 12.2. The van der Waals surface area contributed by atoms with Crippen LogP contribution in [0.25, 0.3) is 0 Å². The van der Waals surface area contributed by atoms with E-state index < -0.39 is 6.61 Å². The molecule has 1 amide bonds. The summed E-state index contributed by atoms with van der Waals surface area (Å²) < 4.78 is 34.3. The van der Waals surface area contributed by atoms with E-state index >= 15 is 0 Å². The summed E-state index contributed by atoms with van der Waals surface area (Å²) in [5.74, 6) is 0.444. The molecule has 4 nitrogen and oxygen atoms in total. The molecule has 0 aliphatic rings. The lowest BCUT2D eigenvalue weighted by molar-refractivity contribution is -0.0512. The molecule has 0 radical (unpaired) electrons. The zero-order chi connectivity index (χ0) is 19.3. The molecular formula is C20H23F2NO3. The molecular weight excluding hydrogens is 340 g/mol. The van der Waals surface area contributed by atoms with E-state index in [0.717, 1.165) is 5.56 Å². The number of carbonyl (C=O) groups is 1. The van der Waals surface area contributed by atoms with Crippen molar-refractivity contribution < 1.29 is 23.0 Å². The van der Waals surface area contributed by atoms with Gasteiger partial charge in [-0.3, -0.25) is 4.79 Å². The molecule has 0 N–H and O–H groups in total. The molecule has 0 fully saturated rings. The standard InChI is InChI=1S/C20H23F2NO3/c1-13(2)15-6-8-16(9-7-15)19(24)23(3)12-14-5-10-17(26-20(21)22)18(11-14)25-4/h5-11,13,20H,12H2,1-4H3. The summed E-state index contributed by atoms with van der Waals surface area (Å²) in [7, 11) is 3.07. The number of hydrogen-bond donors (Lipinski definition) is 0. The largest absolute Gasteiger partial charge is 0.493 e. The van der Waals surface area contributed by atoms with Gasteiger partial charge in [-0.25, -0.2) is 0 Å². The Hall–Kier alpha value is -2.63. The maximum absolute atomic E-state index is 12.6. The zero-order valence-corrected chi connectivity index (χ0v) is 15.3. The summed E-state index contributed by atoms with van der Waals surface area (Å²) in [6.07, 6.45) is 0. The average Bonchev–Trinajstić information content (AvgIpc) is 2.61. The fraction of sp³-hybridized carbons (Fsp3) is 0.350. The first-order valence-electron chi connectivity index (χ1n) is 8.29. The maximum Gasteiger partial charge on any atom is 0.387 e. The second kappa shape index (κ2) is 8.65. The number of benzene rings is 2. The van der Waals surface area contributed by atoms with Crippen LogP contribution in [0.4, 0.5) is 8.78 Å². The van der Waals surface area contributed by atoms with Crippen LogP contribution in [0.1, 0.15) is 41.3 Å². The fourth-order valence-electron chi connectivity index (χ4n) is 2.58. The van der Waals surface area contributed by atoms with Gasteiger partial charge in [0.1, 0.15) is 0 Å². The number of hydrogen-bond acceptors (Lipinski definition) is 3. The van der Waals surface area contributed by atoms with Crippen LogP contribution in [0.3, 0.4) is 0 Å². The highest BCUT2D eigenvalue weighted by Crippen LogP contribution is 2.30. The molecule has 2 aromatic carbocycles. The molecule has 2 aromatic rings. The predicted octanol–water partition coefficient (Wildman–Crippen LogP) is 4.69. The maximum atomic E-state index is 12.6. The van der Waals surface area contributed by atoms with Crippen molar-refractivity contribution in [3.05, 3.63) is 59.2 Å². The highest BCUT2D eigenvalue weighted by molar-refractivity contribution is 5.94. The molecule has 0 aromatic heterocycles. The molecule has 0 bridgehead atoms. The van der Waals surface area contributed by atoms with Crippen LogP contribution in [0, 0.1) is 0 Å². The summed E-state index contributed by atoms with van der Waals surface area (Å²) in [5.41, 5.74) is 2.52. The lowest BCUT2D eigenvalue weighted by atomic mass is 10.0. The molecule has 140 valence electrons. The predicted molar refractivity (Wildman–Crippen MR) is 96.0 cm³/mol. The summed E-state index contributed by atoms with van der Waals surface area (Å²) >= 11 is 0. The van der Waals surface area contributed by atoms with Gasteiger partial charge in [0.25, 0.3) is 5.91 Å². The van der Waals surface area contributed by atoms with Crippen molar-refractivity contribution in [2.75, 3.05) is 14.2 Å². The fourth-order valence-corrected chi connectivity index (χ4v) is 2.58. The number of carbonyl (C=O) groups excluding carboxylic acids is 1. The van der Waals surface area contributed by atoms with E-state index in [9.17, 15) is 13.6 Å². The Bertz CT molecular complexity index is 745. The summed E-state index contributed by atoms with van der Waals surface area (Å²) in [4.78, 5) is 14.1. The second-order valence-electron chi connectivity index (χ2n) is 6.30. The van der Waals surface area contributed by atoms with E-state index in [1.165, 1.54) is 18.7 Å². The SMILES string of the molecule is COc1cc(CN(C)C(=O)c2ccc(C(C)C)cc2)ccc1OC(F)F. The van der Waals surface area contributed by atoms with Crippen LogP contribution in [0.5, 0.6) is 11.5 Å². The Balaban J connectivity index is 2.10. The normalized spacial score (nSPS) is 10.9. The van der Waals surface area contributed by atoms with Gasteiger partial charge in [0, 0.05) is 19.2 Å². The van der Waals surface area contributed by atoms with Gasteiger partial charge in [-0.2, -0.15) is 8.78 Å². The third kappa shape index (κ3) is 4.94. The third-order valence-corrected chi connectivity index (χ3v) is 4.03. The Morgan fingerprint density at radius 2 is 1.73 bits per heavy atom. The zero-order valence-electron chi connectivity index (χ0n) is 15.3. The first-order valence-corrected chi connectivity index (χ1v) is 8.29. The number of halogens is 2. The van der Waals surface area contributed by atoms with Gasteiger partial charge in [0.05, 0.1) is 7.11 Å². The first kappa shape index (κ1) is 19.7. The van der Waals surface area contributed by atoms with Crippen molar-refractivity contribution in [2.24, 2.45) is 0 Å². The molecule has 0 saturated carbocycles. The first-order chi connectivity index (χ1) is 12.3. The monoisotopic (exact) mass is 363 g/mol. The average molecular weight is 363 g/mol. The van der Waals surface area contributed by atoms with Crippen LogP contribution in [-0.2, 0) is 6.54 Å². The molecule has 0 spiro atoms. The highest BCUT2D eigenvalue weighted by Gasteiger charge is 2.15. The minimum absolute atomic E-state index is 0.0375. The molecule has 2 rings (SSSR count). The van der Waals surface area contributed by atoms with Crippen LogP contribution < -0.4 is 9.47 Å². The molecule has 0 aliphatic carbocycles. The highest BCUT2D eigenvalue weighted by atomic mass is 19.3. The minimum Gasteiger partial charge on any atom is -0.493 e. The number of methoxy groups -OCH3 is 1. The topological polar surface area (TPSA) is 38.8 Å². The Morgan fingerprint density at radius 3 is 2.27 bits per heavy atom. The molecule has 0 atom stereocenters. The van der Waals surface area contributed by atoms with Crippen molar-refractivity contribution in [2.45, 2.75) is 32.9 Å². The van der Waals surface area contributed by atoms with Crippen molar-refractivity contribution in [1.82, 2.24) is 4.90 Å². The Kier molecular flexibility index (Phi) is 6.55. The quantitative estimate of drug-likeness (QED) is 0.716. The van der Waals surface area contributed by atoms with Crippen molar-refractivity contribution in [3.8, 4) is 11.5 Å². The molecule has 26 heavy (non-hydrogen) atoms. The van der Waals surface area contributed by atoms with Gasteiger partial charge in [-0.15, -0.1) is 0 Å². The van der Waals surface area contributed by atoms with Gasteiger partial charge < -0.3 is 14.4 Å². The Morgan fingerprint density at radius 1 is 1.08 bits per heavy atom. The van der Waals surface area contributed by atoms with E-state index in [-0.39, 0.29) is 17.4 Å². The van der Waals surface area contributed by atoms with Crippen LogP contribution in [0.15, 0.2) is 42.5 Å². The smallest absolute Gasteiger partial charge is 0.387 e. The number of rotatable bonds is 7. The van der Waals surface area contributed by atoms with Gasteiger partial charge in [-0.1, -0.05) is 32.0 Å². The minimum atomic E-state index is -2.92. The molecule has 0 heterocycles. The molecule has 0 unspecified atom stereocenters. The lowest BCUT2D eigenvalue weighted by Gasteiger charge is -2.19. The lowest BCUT2D eigenvalue weighted by Crippen LogP contribution is -2.26. The molecule has 0 saturated heterocycles.